The molecule has 1 fully saturated rings. The summed E-state index contributed by atoms with van der Waals surface area (Å²) in [5.41, 5.74) is 2.13. The first kappa shape index (κ1) is 19.9. The molecule has 7 nitrogen and oxygen atoms in total. The summed E-state index contributed by atoms with van der Waals surface area (Å²) < 4.78 is 14.1. The molecular weight excluding hydrogens is 374 g/mol. The van der Waals surface area contributed by atoms with E-state index < -0.39 is 17.7 Å². The Morgan fingerprint density at radius 2 is 2.14 bits per heavy atom. The van der Waals surface area contributed by atoms with Gasteiger partial charge in [-0.05, 0) is 44.4 Å². The lowest BCUT2D eigenvalue weighted by molar-refractivity contribution is -0.204. The Hall–Kier alpha value is -2.41. The highest BCUT2D eigenvalue weighted by atomic mass is 16.7. The maximum Gasteiger partial charge on any atom is 0.336 e. The van der Waals surface area contributed by atoms with Crippen LogP contribution in [-0.2, 0) is 25.6 Å². The molecule has 4 heterocycles. The molecule has 0 bridgehead atoms. The van der Waals surface area contributed by atoms with Crippen LogP contribution in [0.15, 0.2) is 23.8 Å². The molecule has 1 aromatic heterocycles. The van der Waals surface area contributed by atoms with Gasteiger partial charge >= 0.3 is 11.9 Å². The van der Waals surface area contributed by atoms with Gasteiger partial charge in [-0.25, -0.2) is 4.79 Å². The quantitative estimate of drug-likeness (QED) is 0.601. The average molecular weight is 401 g/mol. The molecule has 1 N–H and O–H groups in total. The minimum absolute atomic E-state index is 0.0101. The number of carboxylic acids is 1. The van der Waals surface area contributed by atoms with Crippen LogP contribution >= 0.6 is 0 Å². The normalized spacial score (nSPS) is 31.6. The Kier molecular flexibility index (Phi) is 4.89. The summed E-state index contributed by atoms with van der Waals surface area (Å²) in [6, 6.07) is 3.76. The van der Waals surface area contributed by atoms with Gasteiger partial charge in [0.05, 0.1) is 17.7 Å². The first-order valence-electron chi connectivity index (χ1n) is 10.3. The SMILES string of the molecule is CC[C@H]1[C@@H]2c3ccc(C(=O)C[C@H](C)C(=O)O)n3CCC[C@H]2O[C@@]12C=C(C)C(=O)O2. The van der Waals surface area contributed by atoms with Crippen molar-refractivity contribution in [3.63, 3.8) is 0 Å². The first-order chi connectivity index (χ1) is 13.8. The highest BCUT2D eigenvalue weighted by molar-refractivity contribution is 5.97. The van der Waals surface area contributed by atoms with Gasteiger partial charge in [0.15, 0.2) is 5.78 Å². The number of aromatic nitrogens is 1. The van der Waals surface area contributed by atoms with Gasteiger partial charge in [-0.3, -0.25) is 9.59 Å². The van der Waals surface area contributed by atoms with Gasteiger partial charge in [0.25, 0.3) is 0 Å². The maximum absolute atomic E-state index is 12.8. The maximum atomic E-state index is 12.8. The third-order valence-electron chi connectivity index (χ3n) is 6.54. The fraction of sp³-hybridized carbons (Fsp3) is 0.591. The van der Waals surface area contributed by atoms with E-state index >= 15 is 0 Å². The molecule has 0 aliphatic carbocycles. The Morgan fingerprint density at radius 1 is 1.38 bits per heavy atom. The summed E-state index contributed by atoms with van der Waals surface area (Å²) in [5, 5.41) is 9.14. The van der Waals surface area contributed by atoms with Gasteiger partial charge in [0.1, 0.15) is 0 Å². The van der Waals surface area contributed by atoms with Crippen LogP contribution in [0.3, 0.4) is 0 Å². The monoisotopic (exact) mass is 401 g/mol. The molecule has 4 rings (SSSR count). The zero-order valence-electron chi connectivity index (χ0n) is 17.0. The van der Waals surface area contributed by atoms with E-state index in [1.54, 1.807) is 19.9 Å². The predicted molar refractivity (Wildman–Crippen MR) is 103 cm³/mol. The summed E-state index contributed by atoms with van der Waals surface area (Å²) >= 11 is 0. The molecule has 1 aromatic rings. The molecule has 0 unspecified atom stereocenters. The molecule has 0 saturated carbocycles. The van der Waals surface area contributed by atoms with E-state index in [9.17, 15) is 14.4 Å². The zero-order chi connectivity index (χ0) is 20.9. The van der Waals surface area contributed by atoms with Crippen molar-refractivity contribution in [2.75, 3.05) is 0 Å². The van der Waals surface area contributed by atoms with Crippen LogP contribution in [0, 0.1) is 11.8 Å². The number of carbonyl (C=O) groups is 3. The molecule has 3 aliphatic heterocycles. The van der Waals surface area contributed by atoms with Crippen molar-refractivity contribution in [3.8, 4) is 0 Å². The summed E-state index contributed by atoms with van der Waals surface area (Å²) in [6.07, 6.45) is 4.11. The number of nitrogens with zero attached hydrogens (tertiary/aromatic N) is 1. The Morgan fingerprint density at radius 3 is 2.76 bits per heavy atom. The van der Waals surface area contributed by atoms with Crippen molar-refractivity contribution in [2.24, 2.45) is 11.8 Å². The standard InChI is InChI=1S/C22H27NO6/c1-4-14-19-16-8-7-15(17(24)10-12(2)20(25)26)23(16)9-5-6-18(19)28-22(14)11-13(3)21(27)29-22/h7-8,11-12,14,18-19H,4-6,9-10H2,1-3H3,(H,25,26)/t12-,14-,18+,19+,22+/m0/s1. The molecule has 5 atom stereocenters. The molecule has 3 aliphatic rings. The second kappa shape index (κ2) is 7.13. The highest BCUT2D eigenvalue weighted by Crippen LogP contribution is 2.54. The third kappa shape index (κ3) is 3.12. The van der Waals surface area contributed by atoms with Crippen molar-refractivity contribution in [1.82, 2.24) is 4.57 Å². The fourth-order valence-corrected chi connectivity index (χ4v) is 5.12. The number of rotatable bonds is 5. The summed E-state index contributed by atoms with van der Waals surface area (Å²) in [6.45, 7) is 6.04. The number of carbonyl (C=O) groups excluding carboxylic acids is 2. The van der Waals surface area contributed by atoms with Crippen molar-refractivity contribution in [3.05, 3.63) is 35.2 Å². The highest BCUT2D eigenvalue weighted by Gasteiger charge is 2.59. The summed E-state index contributed by atoms with van der Waals surface area (Å²) in [4.78, 5) is 36.0. The van der Waals surface area contributed by atoms with Gasteiger partial charge in [-0.2, -0.15) is 0 Å². The first-order valence-corrected chi connectivity index (χ1v) is 10.3. The largest absolute Gasteiger partial charge is 0.481 e. The number of ketones is 1. The van der Waals surface area contributed by atoms with Gasteiger partial charge in [-0.1, -0.05) is 13.8 Å². The van der Waals surface area contributed by atoms with E-state index in [-0.39, 0.29) is 36.1 Å². The average Bonchev–Trinajstić information content (AvgIpc) is 3.25. The molecular formula is C22H27NO6. The Labute approximate surface area is 169 Å². The lowest BCUT2D eigenvalue weighted by atomic mass is 9.80. The molecule has 156 valence electrons. The van der Waals surface area contributed by atoms with Crippen LogP contribution in [-0.4, -0.2) is 39.3 Å². The smallest absolute Gasteiger partial charge is 0.336 e. The number of carboxylic acid groups (broad SMARTS) is 1. The summed E-state index contributed by atoms with van der Waals surface area (Å²) in [5.74, 6) is -3.25. The third-order valence-corrected chi connectivity index (χ3v) is 6.54. The van der Waals surface area contributed by atoms with Gasteiger partial charge in [-0.15, -0.1) is 0 Å². The topological polar surface area (TPSA) is 94.8 Å². The number of aliphatic carboxylic acids is 1. The number of Topliss-reactive ketones (excluding diaryl/α,β-unsaturated/α-hetero) is 1. The van der Waals surface area contributed by atoms with Crippen molar-refractivity contribution in [2.45, 2.75) is 70.8 Å². The van der Waals surface area contributed by atoms with Crippen LogP contribution in [0.1, 0.15) is 68.6 Å². The molecule has 0 amide bonds. The molecule has 29 heavy (non-hydrogen) atoms. The van der Waals surface area contributed by atoms with Gasteiger partial charge in [0.2, 0.25) is 5.79 Å². The van der Waals surface area contributed by atoms with Crippen LogP contribution in [0.5, 0.6) is 0 Å². The second-order valence-corrected chi connectivity index (χ2v) is 8.44. The number of fused-ring (bicyclic) bond motifs is 3. The van der Waals surface area contributed by atoms with E-state index in [1.165, 1.54) is 0 Å². The van der Waals surface area contributed by atoms with E-state index in [1.807, 2.05) is 16.7 Å². The molecule has 1 saturated heterocycles. The van der Waals surface area contributed by atoms with Gasteiger partial charge < -0.3 is 19.1 Å². The zero-order valence-corrected chi connectivity index (χ0v) is 17.0. The Bertz CT molecular complexity index is 899. The molecule has 1 spiro atoms. The lowest BCUT2D eigenvalue weighted by Gasteiger charge is -2.29. The van der Waals surface area contributed by atoms with Crippen molar-refractivity contribution >= 4 is 17.7 Å². The second-order valence-electron chi connectivity index (χ2n) is 8.44. The fourth-order valence-electron chi connectivity index (χ4n) is 5.12. The number of hydrogen-bond acceptors (Lipinski definition) is 5. The molecule has 0 aromatic carbocycles. The lowest BCUT2D eigenvalue weighted by Crippen LogP contribution is -2.36. The van der Waals surface area contributed by atoms with Crippen LogP contribution in [0.25, 0.3) is 0 Å². The van der Waals surface area contributed by atoms with E-state index in [0.29, 0.717) is 17.8 Å². The molecule has 7 heteroatoms. The van der Waals surface area contributed by atoms with E-state index in [2.05, 4.69) is 6.92 Å². The van der Waals surface area contributed by atoms with Gasteiger partial charge in [0, 0.05) is 36.1 Å². The number of esters is 1. The summed E-state index contributed by atoms with van der Waals surface area (Å²) in [7, 11) is 0. The van der Waals surface area contributed by atoms with Crippen molar-refractivity contribution < 1.29 is 29.0 Å². The predicted octanol–water partition coefficient (Wildman–Crippen LogP) is 3.28. The minimum atomic E-state index is -1.03. The van der Waals surface area contributed by atoms with E-state index in [0.717, 1.165) is 25.0 Å². The Balaban J connectivity index is 1.69. The van der Waals surface area contributed by atoms with E-state index in [4.69, 9.17) is 14.6 Å². The number of ether oxygens (including phenoxy) is 2. The van der Waals surface area contributed by atoms with Crippen LogP contribution in [0.4, 0.5) is 0 Å². The minimum Gasteiger partial charge on any atom is -0.481 e. The van der Waals surface area contributed by atoms with Crippen LogP contribution in [0.2, 0.25) is 0 Å². The van der Waals surface area contributed by atoms with Crippen molar-refractivity contribution in [1.29, 1.82) is 0 Å². The number of hydrogen-bond donors (Lipinski definition) is 1. The van der Waals surface area contributed by atoms with Crippen LogP contribution < -0.4 is 0 Å². The molecule has 0 radical (unpaired) electrons.